The van der Waals surface area contributed by atoms with Crippen molar-refractivity contribution in [2.45, 2.75) is 45.1 Å². The molecule has 7 heteroatoms. The van der Waals surface area contributed by atoms with Gasteiger partial charge in [0, 0.05) is 23.8 Å². The van der Waals surface area contributed by atoms with Crippen molar-refractivity contribution in [1.29, 1.82) is 0 Å². The molecule has 0 saturated heterocycles. The molecule has 146 valence electrons. The number of anilines is 1. The molecule has 2 saturated carbocycles. The van der Waals surface area contributed by atoms with E-state index in [1.54, 1.807) is 24.5 Å². The van der Waals surface area contributed by atoms with Gasteiger partial charge in [-0.2, -0.15) is 5.10 Å². The first-order chi connectivity index (χ1) is 12.5. The van der Waals surface area contributed by atoms with E-state index in [2.05, 4.69) is 10.4 Å². The van der Waals surface area contributed by atoms with Gasteiger partial charge < -0.3 is 11.1 Å². The summed E-state index contributed by atoms with van der Waals surface area (Å²) < 4.78 is 15.9. The number of amides is 1. The Morgan fingerprint density at radius 2 is 2.00 bits per heavy atom. The Hall–Kier alpha value is -1.92. The summed E-state index contributed by atoms with van der Waals surface area (Å²) in [4.78, 5) is 12.7. The molecule has 3 N–H and O–H groups in total. The molecule has 0 spiro atoms. The Morgan fingerprint density at radius 1 is 1.30 bits per heavy atom. The number of carbonyl (C=O) groups is 1. The molecular formula is C20H26ClFN4O. The number of nitrogens with one attached hydrogen (secondary N) is 1. The van der Waals surface area contributed by atoms with Crippen molar-refractivity contribution in [1.82, 2.24) is 9.78 Å². The summed E-state index contributed by atoms with van der Waals surface area (Å²) in [5.41, 5.74) is 8.12. The van der Waals surface area contributed by atoms with Crippen LogP contribution in [0.2, 0.25) is 0 Å². The number of hydrogen-bond donors (Lipinski definition) is 2. The summed E-state index contributed by atoms with van der Waals surface area (Å²) in [5, 5.41) is 7.02. The van der Waals surface area contributed by atoms with Crippen molar-refractivity contribution in [3.05, 3.63) is 42.0 Å². The zero-order valence-corrected chi connectivity index (χ0v) is 16.2. The fourth-order valence-corrected chi connectivity index (χ4v) is 4.56. The van der Waals surface area contributed by atoms with Crippen LogP contribution in [0.1, 0.15) is 37.7 Å². The highest BCUT2D eigenvalue weighted by Crippen LogP contribution is 2.42. The van der Waals surface area contributed by atoms with Gasteiger partial charge in [-0.15, -0.1) is 12.4 Å². The predicted molar refractivity (Wildman–Crippen MR) is 106 cm³/mol. The lowest BCUT2D eigenvalue weighted by atomic mass is 9.65. The van der Waals surface area contributed by atoms with Gasteiger partial charge >= 0.3 is 0 Å². The molecule has 5 nitrogen and oxygen atoms in total. The normalized spacial score (nSPS) is 26.9. The van der Waals surface area contributed by atoms with Crippen molar-refractivity contribution in [3.8, 4) is 5.69 Å². The standard InChI is InChI=1S/C20H25FN4O.ClH/c1-12-10-23-25(11-12)18-6-5-16(9-17(18)21)24-20(26)15-7-13-3-2-4-14(8-15)19(13)22;/h5-6,9-11,13-15,19H,2-4,7-8,22H2,1H3,(H,24,26);1H. The highest BCUT2D eigenvalue weighted by molar-refractivity contribution is 5.92. The van der Waals surface area contributed by atoms with Crippen LogP contribution in [0.15, 0.2) is 30.6 Å². The summed E-state index contributed by atoms with van der Waals surface area (Å²) in [6.07, 6.45) is 8.59. The third kappa shape index (κ3) is 4.01. The minimum absolute atomic E-state index is 0. The zero-order valence-electron chi connectivity index (χ0n) is 15.4. The van der Waals surface area contributed by atoms with E-state index >= 15 is 0 Å². The molecule has 2 bridgehead atoms. The molecule has 0 aliphatic heterocycles. The van der Waals surface area contributed by atoms with Crippen LogP contribution in [0, 0.1) is 30.5 Å². The molecule has 1 aromatic heterocycles. The Labute approximate surface area is 164 Å². The Balaban J connectivity index is 0.00000210. The van der Waals surface area contributed by atoms with Gasteiger partial charge in [-0.3, -0.25) is 4.79 Å². The van der Waals surface area contributed by atoms with Gasteiger partial charge in [0.1, 0.15) is 5.69 Å². The van der Waals surface area contributed by atoms with Crippen LogP contribution in [0.4, 0.5) is 10.1 Å². The molecule has 2 aromatic rings. The molecule has 1 heterocycles. The highest BCUT2D eigenvalue weighted by atomic mass is 35.5. The molecule has 27 heavy (non-hydrogen) atoms. The number of benzene rings is 1. The van der Waals surface area contributed by atoms with Crippen LogP contribution < -0.4 is 11.1 Å². The number of rotatable bonds is 3. The highest BCUT2D eigenvalue weighted by Gasteiger charge is 2.40. The molecule has 2 unspecified atom stereocenters. The minimum atomic E-state index is -0.409. The SMILES string of the molecule is Cc1cnn(-c2ccc(NC(=O)C3CC4CCCC(C3)C4N)cc2F)c1.Cl. The second-order valence-electron chi connectivity index (χ2n) is 7.81. The predicted octanol–water partition coefficient (Wildman–Crippen LogP) is 3.83. The van der Waals surface area contributed by atoms with E-state index in [9.17, 15) is 9.18 Å². The molecule has 2 aliphatic carbocycles. The van der Waals surface area contributed by atoms with Gasteiger partial charge in [-0.05, 0) is 68.2 Å². The Morgan fingerprint density at radius 3 is 2.59 bits per heavy atom. The van der Waals surface area contributed by atoms with Crippen LogP contribution in [0.25, 0.3) is 5.69 Å². The van der Waals surface area contributed by atoms with E-state index in [4.69, 9.17) is 5.73 Å². The number of hydrogen-bond acceptors (Lipinski definition) is 3. The van der Waals surface area contributed by atoms with Gasteiger partial charge in [0.25, 0.3) is 0 Å². The number of carbonyl (C=O) groups excluding carboxylic acids is 1. The number of aryl methyl sites for hydroxylation is 1. The third-order valence-corrected chi connectivity index (χ3v) is 5.96. The second-order valence-corrected chi connectivity index (χ2v) is 7.81. The topological polar surface area (TPSA) is 72.9 Å². The summed E-state index contributed by atoms with van der Waals surface area (Å²) in [7, 11) is 0. The van der Waals surface area contributed by atoms with E-state index < -0.39 is 5.82 Å². The number of aromatic nitrogens is 2. The van der Waals surface area contributed by atoms with Crippen molar-refractivity contribution in [2.24, 2.45) is 23.5 Å². The third-order valence-electron chi connectivity index (χ3n) is 5.96. The molecule has 1 amide bonds. The minimum Gasteiger partial charge on any atom is -0.327 e. The quantitative estimate of drug-likeness (QED) is 0.833. The van der Waals surface area contributed by atoms with Crippen LogP contribution in [0.5, 0.6) is 0 Å². The maximum absolute atomic E-state index is 14.4. The van der Waals surface area contributed by atoms with E-state index in [1.165, 1.54) is 17.2 Å². The first-order valence-electron chi connectivity index (χ1n) is 9.39. The Kier molecular flexibility index (Phi) is 5.86. The molecule has 2 atom stereocenters. The number of halogens is 2. The average molecular weight is 393 g/mol. The van der Waals surface area contributed by atoms with Crippen LogP contribution in [-0.2, 0) is 4.79 Å². The lowest BCUT2D eigenvalue weighted by Gasteiger charge is -2.43. The molecule has 4 rings (SSSR count). The number of nitrogens with zero attached hydrogens (tertiary/aromatic N) is 2. The summed E-state index contributed by atoms with van der Waals surface area (Å²) in [6, 6.07) is 4.97. The maximum Gasteiger partial charge on any atom is 0.227 e. The maximum atomic E-state index is 14.4. The van der Waals surface area contributed by atoms with Crippen molar-refractivity contribution >= 4 is 24.0 Å². The summed E-state index contributed by atoms with van der Waals surface area (Å²) in [6.45, 7) is 1.90. The fourth-order valence-electron chi connectivity index (χ4n) is 4.56. The van der Waals surface area contributed by atoms with E-state index in [0.717, 1.165) is 31.2 Å². The largest absolute Gasteiger partial charge is 0.327 e. The summed E-state index contributed by atoms with van der Waals surface area (Å²) >= 11 is 0. The zero-order chi connectivity index (χ0) is 18.3. The van der Waals surface area contributed by atoms with Gasteiger partial charge in [0.15, 0.2) is 5.82 Å². The van der Waals surface area contributed by atoms with E-state index in [1.807, 2.05) is 6.92 Å². The molecule has 0 radical (unpaired) electrons. The van der Waals surface area contributed by atoms with Crippen molar-refractivity contribution in [2.75, 3.05) is 5.32 Å². The molecular weight excluding hydrogens is 367 g/mol. The lowest BCUT2D eigenvalue weighted by molar-refractivity contribution is -0.122. The van der Waals surface area contributed by atoms with Gasteiger partial charge in [0.05, 0.1) is 6.20 Å². The van der Waals surface area contributed by atoms with E-state index in [-0.39, 0.29) is 30.3 Å². The monoisotopic (exact) mass is 392 g/mol. The second kappa shape index (κ2) is 7.98. The van der Waals surface area contributed by atoms with Gasteiger partial charge in [-0.25, -0.2) is 9.07 Å². The van der Waals surface area contributed by atoms with Gasteiger partial charge in [-0.1, -0.05) is 6.42 Å². The van der Waals surface area contributed by atoms with Crippen LogP contribution in [-0.4, -0.2) is 21.7 Å². The fraction of sp³-hybridized carbons (Fsp3) is 0.500. The molecule has 2 fully saturated rings. The molecule has 2 aliphatic rings. The number of fused-ring (bicyclic) bond motifs is 2. The van der Waals surface area contributed by atoms with E-state index in [0.29, 0.717) is 23.2 Å². The van der Waals surface area contributed by atoms with Crippen molar-refractivity contribution in [3.63, 3.8) is 0 Å². The lowest BCUT2D eigenvalue weighted by Crippen LogP contribution is -2.48. The first-order valence-corrected chi connectivity index (χ1v) is 9.39. The smallest absolute Gasteiger partial charge is 0.227 e. The molecule has 1 aromatic carbocycles. The average Bonchev–Trinajstić information content (AvgIpc) is 3.00. The van der Waals surface area contributed by atoms with Crippen molar-refractivity contribution < 1.29 is 9.18 Å². The van der Waals surface area contributed by atoms with Gasteiger partial charge in [0.2, 0.25) is 5.91 Å². The Bertz CT molecular complexity index is 810. The van der Waals surface area contributed by atoms with Crippen LogP contribution in [0.3, 0.4) is 0 Å². The first kappa shape index (κ1) is 19.8. The summed E-state index contributed by atoms with van der Waals surface area (Å²) in [5.74, 6) is 0.437. The number of nitrogens with two attached hydrogens (primary N) is 1. The van der Waals surface area contributed by atoms with Crippen LogP contribution >= 0.6 is 12.4 Å².